The van der Waals surface area contributed by atoms with Crippen molar-refractivity contribution in [1.29, 1.82) is 0 Å². The maximum absolute atomic E-state index is 12.3. The third kappa shape index (κ3) is 4.48. The van der Waals surface area contributed by atoms with Crippen molar-refractivity contribution < 1.29 is 14.3 Å². The molecule has 0 N–H and O–H groups in total. The lowest BCUT2D eigenvalue weighted by Gasteiger charge is -2.37. The molecule has 2 aliphatic heterocycles. The number of ether oxygens (including phenoxy) is 2. The number of imidazole rings is 1. The molecule has 0 bridgehead atoms. The van der Waals surface area contributed by atoms with Crippen LogP contribution in [0.5, 0.6) is 0 Å². The summed E-state index contributed by atoms with van der Waals surface area (Å²) in [6, 6.07) is 3.90. The molecule has 0 spiro atoms. The van der Waals surface area contributed by atoms with Crippen molar-refractivity contribution in [2.75, 3.05) is 37.7 Å². The monoisotopic (exact) mass is 454 g/mol. The van der Waals surface area contributed by atoms with E-state index in [-0.39, 0.29) is 12.3 Å². The van der Waals surface area contributed by atoms with E-state index in [9.17, 15) is 4.79 Å². The third-order valence-corrected chi connectivity index (χ3v) is 6.00. The first-order valence-electron chi connectivity index (χ1n) is 10.4. The normalized spacial score (nSPS) is 20.6. The third-order valence-electron chi connectivity index (χ3n) is 5.43. The molecular weight excluding hydrogens is 427 g/mol. The summed E-state index contributed by atoms with van der Waals surface area (Å²) in [7, 11) is 0. The molecule has 4 rings (SSSR count). The maximum atomic E-state index is 12.3. The van der Waals surface area contributed by atoms with E-state index in [1.54, 1.807) is 4.90 Å². The zero-order valence-electron chi connectivity index (χ0n) is 17.7. The molecule has 2 aromatic rings. The van der Waals surface area contributed by atoms with Gasteiger partial charge in [0.2, 0.25) is 5.28 Å². The van der Waals surface area contributed by atoms with Crippen LogP contribution in [0.1, 0.15) is 46.3 Å². The zero-order chi connectivity index (χ0) is 21.5. The summed E-state index contributed by atoms with van der Waals surface area (Å²) in [6.07, 6.45) is 2.71. The number of hydrogen-bond acceptors (Lipinski definition) is 5. The summed E-state index contributed by atoms with van der Waals surface area (Å²) in [4.78, 5) is 20.8. The summed E-state index contributed by atoms with van der Waals surface area (Å²) in [5, 5.41) is 1.04. The largest absolute Gasteiger partial charge is 0.444 e. The van der Waals surface area contributed by atoms with Crippen molar-refractivity contribution in [3.63, 3.8) is 0 Å². The number of aromatic nitrogens is 2. The Labute approximate surface area is 186 Å². The first kappa shape index (κ1) is 21.5. The van der Waals surface area contributed by atoms with Gasteiger partial charge in [-0.15, -0.1) is 0 Å². The second-order valence-electron chi connectivity index (χ2n) is 8.82. The Morgan fingerprint density at radius 1 is 1.17 bits per heavy atom. The Bertz CT molecular complexity index is 926. The van der Waals surface area contributed by atoms with E-state index >= 15 is 0 Å². The van der Waals surface area contributed by atoms with E-state index in [0.717, 1.165) is 42.6 Å². The lowest BCUT2D eigenvalue weighted by molar-refractivity contribution is -0.0293. The number of anilines is 1. The van der Waals surface area contributed by atoms with Crippen molar-refractivity contribution in [2.45, 2.75) is 51.9 Å². The fourth-order valence-electron chi connectivity index (χ4n) is 3.98. The van der Waals surface area contributed by atoms with Gasteiger partial charge in [0.05, 0.1) is 21.7 Å². The van der Waals surface area contributed by atoms with Crippen molar-refractivity contribution in [1.82, 2.24) is 14.5 Å². The quantitative estimate of drug-likeness (QED) is 0.631. The van der Waals surface area contributed by atoms with E-state index in [2.05, 4.69) is 9.88 Å². The fraction of sp³-hybridized carbons (Fsp3) is 0.619. The van der Waals surface area contributed by atoms with Crippen molar-refractivity contribution in [2.24, 2.45) is 0 Å². The van der Waals surface area contributed by atoms with Crippen molar-refractivity contribution in [3.8, 4) is 0 Å². The number of piperazine rings is 1. The van der Waals surface area contributed by atoms with E-state index in [4.69, 9.17) is 32.7 Å². The molecule has 2 fully saturated rings. The lowest BCUT2D eigenvalue weighted by Crippen LogP contribution is -2.50. The van der Waals surface area contributed by atoms with Gasteiger partial charge >= 0.3 is 6.09 Å². The molecule has 9 heteroatoms. The highest BCUT2D eigenvalue weighted by atomic mass is 35.5. The van der Waals surface area contributed by atoms with Crippen LogP contribution in [0.2, 0.25) is 10.3 Å². The molecule has 0 radical (unpaired) electrons. The van der Waals surface area contributed by atoms with Crippen molar-refractivity contribution in [3.05, 3.63) is 22.4 Å². The number of carbonyl (C=O) groups excluding carboxylic acids is 1. The SMILES string of the molecule is CC(C)(C)OC(=O)N1CCN(c2cc3c(cc2Cl)nc(Cl)n3C2CCCCO2)CC1. The molecule has 2 aliphatic rings. The average molecular weight is 455 g/mol. The zero-order valence-corrected chi connectivity index (χ0v) is 19.2. The minimum Gasteiger partial charge on any atom is -0.444 e. The van der Waals surface area contributed by atoms with Crippen LogP contribution in [-0.4, -0.2) is 58.9 Å². The standard InChI is InChI=1S/C21H28Cl2N4O3/c1-21(2,3)30-20(28)26-9-7-25(8-10-26)16-13-17-15(12-14(16)22)24-19(23)27(17)18-6-4-5-11-29-18/h12-13,18H,4-11H2,1-3H3. The van der Waals surface area contributed by atoms with Crippen LogP contribution in [0, 0.1) is 0 Å². The Morgan fingerprint density at radius 3 is 2.53 bits per heavy atom. The Morgan fingerprint density at radius 2 is 1.90 bits per heavy atom. The van der Waals surface area contributed by atoms with E-state index < -0.39 is 5.60 Å². The molecule has 2 saturated heterocycles. The minimum absolute atomic E-state index is 0.103. The molecule has 1 amide bonds. The summed E-state index contributed by atoms with van der Waals surface area (Å²) in [5.74, 6) is 0. The van der Waals surface area contributed by atoms with Crippen LogP contribution in [-0.2, 0) is 9.47 Å². The molecule has 3 heterocycles. The lowest BCUT2D eigenvalue weighted by atomic mass is 10.1. The predicted molar refractivity (Wildman–Crippen MR) is 119 cm³/mol. The Hall–Kier alpha value is -1.70. The number of fused-ring (bicyclic) bond motifs is 1. The molecule has 30 heavy (non-hydrogen) atoms. The number of carbonyl (C=O) groups is 1. The van der Waals surface area contributed by atoms with Crippen LogP contribution in [0.15, 0.2) is 12.1 Å². The molecule has 1 unspecified atom stereocenters. The molecule has 1 atom stereocenters. The van der Waals surface area contributed by atoms with E-state index in [1.165, 1.54) is 0 Å². The second kappa shape index (κ2) is 8.44. The molecule has 1 aromatic heterocycles. The number of amides is 1. The van der Waals surface area contributed by atoms with Gasteiger partial charge in [0.15, 0.2) is 0 Å². The predicted octanol–water partition coefficient (Wildman–Crippen LogP) is 5.10. The van der Waals surface area contributed by atoms with Gasteiger partial charge in [-0.1, -0.05) is 11.6 Å². The van der Waals surface area contributed by atoms with Crippen LogP contribution in [0.25, 0.3) is 11.0 Å². The van der Waals surface area contributed by atoms with Gasteiger partial charge in [-0.25, -0.2) is 9.78 Å². The second-order valence-corrected chi connectivity index (χ2v) is 9.56. The molecule has 0 saturated carbocycles. The summed E-state index contributed by atoms with van der Waals surface area (Å²) < 4.78 is 13.4. The molecule has 1 aromatic carbocycles. The van der Waals surface area contributed by atoms with Gasteiger partial charge in [-0.05, 0) is 63.8 Å². The number of nitrogens with zero attached hydrogens (tertiary/aromatic N) is 4. The Balaban J connectivity index is 1.55. The number of rotatable bonds is 2. The number of halogens is 2. The fourth-order valence-corrected chi connectivity index (χ4v) is 4.54. The minimum atomic E-state index is -0.499. The summed E-state index contributed by atoms with van der Waals surface area (Å²) in [5.41, 5.74) is 2.10. The van der Waals surface area contributed by atoms with Crippen LogP contribution >= 0.6 is 23.2 Å². The van der Waals surface area contributed by atoms with Gasteiger partial charge in [-0.3, -0.25) is 4.57 Å². The number of benzene rings is 1. The molecule has 164 valence electrons. The summed E-state index contributed by atoms with van der Waals surface area (Å²) >= 11 is 13.1. The van der Waals surface area contributed by atoms with Gasteiger partial charge in [0.25, 0.3) is 0 Å². The van der Waals surface area contributed by atoms with Gasteiger partial charge in [0, 0.05) is 32.8 Å². The smallest absolute Gasteiger partial charge is 0.410 e. The molecular formula is C21H28Cl2N4O3. The van der Waals surface area contributed by atoms with Gasteiger partial charge < -0.3 is 19.3 Å². The van der Waals surface area contributed by atoms with E-state index in [0.29, 0.717) is 36.5 Å². The summed E-state index contributed by atoms with van der Waals surface area (Å²) in [6.45, 7) is 8.86. The topological polar surface area (TPSA) is 59.8 Å². The van der Waals surface area contributed by atoms with Crippen LogP contribution in [0.4, 0.5) is 10.5 Å². The highest BCUT2D eigenvalue weighted by Gasteiger charge is 2.28. The van der Waals surface area contributed by atoms with Crippen LogP contribution in [0.3, 0.4) is 0 Å². The van der Waals surface area contributed by atoms with Crippen LogP contribution < -0.4 is 4.90 Å². The van der Waals surface area contributed by atoms with Gasteiger partial charge in [0.1, 0.15) is 11.8 Å². The van der Waals surface area contributed by atoms with Gasteiger partial charge in [-0.2, -0.15) is 0 Å². The first-order valence-corrected chi connectivity index (χ1v) is 11.2. The maximum Gasteiger partial charge on any atom is 0.410 e. The highest BCUT2D eigenvalue weighted by molar-refractivity contribution is 6.34. The van der Waals surface area contributed by atoms with E-state index in [1.807, 2.05) is 37.5 Å². The van der Waals surface area contributed by atoms with Crippen molar-refractivity contribution >= 4 is 46.0 Å². The molecule has 0 aliphatic carbocycles. The first-order chi connectivity index (χ1) is 14.2. The molecule has 7 nitrogen and oxygen atoms in total. The Kier molecular flexibility index (Phi) is 6.06. The average Bonchev–Trinajstić information content (AvgIpc) is 3.01. The highest BCUT2D eigenvalue weighted by Crippen LogP contribution is 2.36. The number of hydrogen-bond donors (Lipinski definition) is 0.